The quantitative estimate of drug-likeness (QED) is 0.749. The highest BCUT2D eigenvalue weighted by Gasteiger charge is 2.05. The van der Waals surface area contributed by atoms with Gasteiger partial charge in [0.15, 0.2) is 0 Å². The van der Waals surface area contributed by atoms with E-state index in [9.17, 15) is 4.39 Å². The SMILES string of the molecule is Fc1ccc(Br)cc1NCc1cncc2ccccc12. The molecular formula is C16H12BrFN2. The molecule has 4 heteroatoms. The average molecular weight is 331 g/mol. The van der Waals surface area contributed by atoms with Gasteiger partial charge in [-0.3, -0.25) is 4.98 Å². The minimum atomic E-state index is -0.263. The number of aromatic nitrogens is 1. The smallest absolute Gasteiger partial charge is 0.146 e. The van der Waals surface area contributed by atoms with Crippen molar-refractivity contribution in [1.29, 1.82) is 0 Å². The molecule has 0 bridgehead atoms. The Morgan fingerprint density at radius 3 is 2.85 bits per heavy atom. The number of nitrogens with one attached hydrogen (secondary N) is 1. The minimum absolute atomic E-state index is 0.263. The van der Waals surface area contributed by atoms with E-state index in [0.717, 1.165) is 20.8 Å². The van der Waals surface area contributed by atoms with Crippen molar-refractivity contribution in [3.63, 3.8) is 0 Å². The molecule has 2 nitrogen and oxygen atoms in total. The number of fused-ring (bicyclic) bond motifs is 1. The highest BCUT2D eigenvalue weighted by Crippen LogP contribution is 2.22. The second kappa shape index (κ2) is 5.59. The zero-order valence-corrected chi connectivity index (χ0v) is 12.2. The molecule has 0 radical (unpaired) electrons. The van der Waals surface area contributed by atoms with Crippen LogP contribution in [0.15, 0.2) is 59.3 Å². The summed E-state index contributed by atoms with van der Waals surface area (Å²) in [6.07, 6.45) is 3.64. The summed E-state index contributed by atoms with van der Waals surface area (Å²) < 4.78 is 14.5. The van der Waals surface area contributed by atoms with Gasteiger partial charge in [-0.25, -0.2) is 4.39 Å². The van der Waals surface area contributed by atoms with Gasteiger partial charge in [-0.15, -0.1) is 0 Å². The van der Waals surface area contributed by atoms with E-state index in [1.54, 1.807) is 12.1 Å². The monoisotopic (exact) mass is 330 g/mol. The fourth-order valence-electron chi connectivity index (χ4n) is 2.14. The number of benzene rings is 2. The number of nitrogens with zero attached hydrogens (tertiary/aromatic N) is 1. The Morgan fingerprint density at radius 1 is 1.10 bits per heavy atom. The fraction of sp³-hybridized carbons (Fsp3) is 0.0625. The minimum Gasteiger partial charge on any atom is -0.378 e. The molecule has 0 atom stereocenters. The van der Waals surface area contributed by atoms with E-state index in [1.165, 1.54) is 6.07 Å². The van der Waals surface area contributed by atoms with Crippen molar-refractivity contribution in [1.82, 2.24) is 4.98 Å². The van der Waals surface area contributed by atoms with E-state index in [-0.39, 0.29) is 5.82 Å². The van der Waals surface area contributed by atoms with Crippen molar-refractivity contribution in [2.24, 2.45) is 0 Å². The lowest BCUT2D eigenvalue weighted by Gasteiger charge is -2.10. The molecule has 3 rings (SSSR count). The molecule has 0 saturated carbocycles. The lowest BCUT2D eigenvalue weighted by atomic mass is 10.1. The summed E-state index contributed by atoms with van der Waals surface area (Å²) in [5.41, 5.74) is 1.52. The van der Waals surface area contributed by atoms with Crippen LogP contribution in [0.3, 0.4) is 0 Å². The molecule has 0 amide bonds. The maximum Gasteiger partial charge on any atom is 0.146 e. The van der Waals surface area contributed by atoms with E-state index in [2.05, 4.69) is 26.2 Å². The van der Waals surface area contributed by atoms with Crippen LogP contribution < -0.4 is 5.32 Å². The Morgan fingerprint density at radius 2 is 1.95 bits per heavy atom. The van der Waals surface area contributed by atoms with Crippen LogP contribution in [0.4, 0.5) is 10.1 Å². The van der Waals surface area contributed by atoms with Gasteiger partial charge >= 0.3 is 0 Å². The third kappa shape index (κ3) is 2.65. The van der Waals surface area contributed by atoms with E-state index in [4.69, 9.17) is 0 Å². The third-order valence-corrected chi connectivity index (χ3v) is 3.64. The van der Waals surface area contributed by atoms with Gasteiger partial charge in [0, 0.05) is 28.8 Å². The number of halogens is 2. The second-order valence-electron chi connectivity index (χ2n) is 4.50. The van der Waals surface area contributed by atoms with Crippen molar-refractivity contribution in [3.8, 4) is 0 Å². The predicted molar refractivity (Wildman–Crippen MR) is 83.2 cm³/mol. The summed E-state index contributed by atoms with van der Waals surface area (Å²) in [7, 11) is 0. The molecule has 0 unspecified atom stereocenters. The van der Waals surface area contributed by atoms with Crippen LogP contribution in [0.2, 0.25) is 0 Å². The Balaban J connectivity index is 1.89. The van der Waals surface area contributed by atoms with E-state index < -0.39 is 0 Å². The predicted octanol–water partition coefficient (Wildman–Crippen LogP) is 4.75. The molecule has 0 fully saturated rings. The van der Waals surface area contributed by atoms with Crippen LogP contribution in [-0.4, -0.2) is 4.98 Å². The highest BCUT2D eigenvalue weighted by molar-refractivity contribution is 9.10. The van der Waals surface area contributed by atoms with Crippen molar-refractivity contribution in [3.05, 3.63) is 70.7 Å². The summed E-state index contributed by atoms with van der Waals surface area (Å²) in [4.78, 5) is 4.22. The van der Waals surface area contributed by atoms with E-state index in [1.807, 2.05) is 36.7 Å². The first-order valence-corrected chi connectivity index (χ1v) is 7.04. The molecule has 1 heterocycles. The number of hydrogen-bond acceptors (Lipinski definition) is 2. The van der Waals surface area contributed by atoms with Crippen molar-refractivity contribution < 1.29 is 4.39 Å². The Kier molecular flexibility index (Phi) is 3.65. The zero-order valence-electron chi connectivity index (χ0n) is 10.6. The largest absolute Gasteiger partial charge is 0.378 e. The normalized spacial score (nSPS) is 10.7. The molecular weight excluding hydrogens is 319 g/mol. The van der Waals surface area contributed by atoms with Gasteiger partial charge in [0.2, 0.25) is 0 Å². The summed E-state index contributed by atoms with van der Waals surface area (Å²) in [6, 6.07) is 12.9. The van der Waals surface area contributed by atoms with E-state index >= 15 is 0 Å². The van der Waals surface area contributed by atoms with Crippen molar-refractivity contribution >= 4 is 32.4 Å². The first-order valence-electron chi connectivity index (χ1n) is 6.24. The summed E-state index contributed by atoms with van der Waals surface area (Å²) in [6.45, 7) is 0.529. The Labute approximate surface area is 124 Å². The van der Waals surface area contributed by atoms with Gasteiger partial charge in [-0.1, -0.05) is 40.2 Å². The van der Waals surface area contributed by atoms with E-state index in [0.29, 0.717) is 12.2 Å². The lowest BCUT2D eigenvalue weighted by molar-refractivity contribution is 0.630. The summed E-state index contributed by atoms with van der Waals surface area (Å²) in [5.74, 6) is -0.263. The Hall–Kier alpha value is -1.94. The van der Waals surface area contributed by atoms with Crippen molar-refractivity contribution in [2.45, 2.75) is 6.54 Å². The molecule has 1 N–H and O–H groups in total. The van der Waals surface area contributed by atoms with Gasteiger partial charge in [0.25, 0.3) is 0 Å². The molecule has 2 aromatic carbocycles. The van der Waals surface area contributed by atoms with Crippen molar-refractivity contribution in [2.75, 3.05) is 5.32 Å². The molecule has 0 saturated heterocycles. The van der Waals surface area contributed by atoms with Crippen LogP contribution in [-0.2, 0) is 6.54 Å². The molecule has 0 spiro atoms. The topological polar surface area (TPSA) is 24.9 Å². The first-order chi connectivity index (χ1) is 9.74. The van der Waals surface area contributed by atoms with Crippen LogP contribution in [0.25, 0.3) is 10.8 Å². The first kappa shape index (κ1) is 13.1. The standard InChI is InChI=1S/C16H12BrFN2/c17-13-5-6-15(18)16(7-13)20-10-12-9-19-8-11-3-1-2-4-14(11)12/h1-9,20H,10H2. The molecule has 20 heavy (non-hydrogen) atoms. The molecule has 1 aromatic heterocycles. The highest BCUT2D eigenvalue weighted by atomic mass is 79.9. The van der Waals surface area contributed by atoms with Crippen LogP contribution >= 0.6 is 15.9 Å². The van der Waals surface area contributed by atoms with Gasteiger partial charge in [-0.2, -0.15) is 0 Å². The number of rotatable bonds is 3. The second-order valence-corrected chi connectivity index (χ2v) is 5.41. The number of hydrogen-bond donors (Lipinski definition) is 1. The van der Waals surface area contributed by atoms with Crippen LogP contribution in [0.5, 0.6) is 0 Å². The van der Waals surface area contributed by atoms with Gasteiger partial charge in [0.1, 0.15) is 5.82 Å². The zero-order chi connectivity index (χ0) is 13.9. The maximum absolute atomic E-state index is 13.7. The van der Waals surface area contributed by atoms with Crippen LogP contribution in [0, 0.1) is 5.82 Å². The molecule has 3 aromatic rings. The fourth-order valence-corrected chi connectivity index (χ4v) is 2.50. The lowest BCUT2D eigenvalue weighted by Crippen LogP contribution is -2.02. The van der Waals surface area contributed by atoms with Gasteiger partial charge < -0.3 is 5.32 Å². The third-order valence-electron chi connectivity index (χ3n) is 3.15. The van der Waals surface area contributed by atoms with Crippen LogP contribution in [0.1, 0.15) is 5.56 Å². The number of pyridine rings is 1. The Bertz CT molecular complexity index is 753. The van der Waals surface area contributed by atoms with Gasteiger partial charge in [-0.05, 0) is 29.1 Å². The average Bonchev–Trinajstić information content (AvgIpc) is 2.48. The summed E-state index contributed by atoms with van der Waals surface area (Å²) in [5, 5.41) is 5.33. The van der Waals surface area contributed by atoms with Gasteiger partial charge in [0.05, 0.1) is 5.69 Å². The molecule has 0 aliphatic carbocycles. The molecule has 0 aliphatic rings. The number of anilines is 1. The summed E-state index contributed by atoms with van der Waals surface area (Å²) >= 11 is 3.34. The molecule has 0 aliphatic heterocycles. The molecule has 100 valence electrons. The maximum atomic E-state index is 13.7.